The third-order valence-electron chi connectivity index (χ3n) is 15.7. The van der Waals surface area contributed by atoms with Crippen LogP contribution in [0.4, 0.5) is 0 Å². The predicted octanol–water partition coefficient (Wildman–Crippen LogP) is 5.11. The first kappa shape index (κ1) is 54.4. The molecule has 0 radical (unpaired) electrons. The van der Waals surface area contributed by atoms with E-state index >= 15 is 4.79 Å². The van der Waals surface area contributed by atoms with E-state index in [1.807, 2.05) is 0 Å². The number of likely N-dealkylation sites (N-methyl/N-ethyl adjacent to an activating group) is 1. The lowest BCUT2D eigenvalue weighted by atomic mass is 9.41. The molecular formula is C56H66N2O15. The van der Waals surface area contributed by atoms with Gasteiger partial charge in [0.25, 0.3) is 5.91 Å². The fourth-order valence-corrected chi connectivity index (χ4v) is 11.9. The normalized spacial score (nSPS) is 28.9. The van der Waals surface area contributed by atoms with Gasteiger partial charge in [0.1, 0.15) is 24.1 Å². The number of ether oxygens (including phenoxy) is 5. The Morgan fingerprint density at radius 3 is 1.96 bits per heavy atom. The molecule has 3 fully saturated rings. The van der Waals surface area contributed by atoms with Crippen LogP contribution in [-0.2, 0) is 52.5 Å². The van der Waals surface area contributed by atoms with E-state index < -0.39 is 125 Å². The maximum atomic E-state index is 16.3. The van der Waals surface area contributed by atoms with Crippen LogP contribution in [0.25, 0.3) is 0 Å². The fourth-order valence-electron chi connectivity index (χ4n) is 11.9. The fraction of sp³-hybridized carbons (Fsp3) is 0.500. The zero-order chi connectivity index (χ0) is 53.4. The molecule has 2 saturated carbocycles. The second kappa shape index (κ2) is 21.2. The van der Waals surface area contributed by atoms with E-state index in [4.69, 9.17) is 23.7 Å². The Labute approximate surface area is 424 Å². The molecule has 1 amide bonds. The molecule has 2 bridgehead atoms. The summed E-state index contributed by atoms with van der Waals surface area (Å²) in [6.07, 6.45) is -9.10. The maximum absolute atomic E-state index is 16.3. The molecule has 3 aromatic carbocycles. The molecule has 11 atom stereocenters. The number of hydrogen-bond acceptors (Lipinski definition) is 16. The number of fused-ring (bicyclic) bond motifs is 5. The van der Waals surface area contributed by atoms with Crippen molar-refractivity contribution in [1.29, 1.82) is 0 Å². The van der Waals surface area contributed by atoms with Crippen LogP contribution in [0.5, 0.6) is 0 Å². The number of benzene rings is 3. The van der Waals surface area contributed by atoms with Crippen molar-refractivity contribution in [2.75, 3.05) is 26.7 Å². The molecule has 390 valence electrons. The van der Waals surface area contributed by atoms with Crippen molar-refractivity contribution in [1.82, 2.24) is 10.2 Å². The van der Waals surface area contributed by atoms with E-state index in [9.17, 15) is 43.8 Å². The van der Waals surface area contributed by atoms with Crippen LogP contribution in [-0.4, -0.2) is 131 Å². The van der Waals surface area contributed by atoms with Crippen LogP contribution < -0.4 is 5.32 Å². The number of nitrogens with one attached hydrogen (secondary N) is 1. The summed E-state index contributed by atoms with van der Waals surface area (Å²) in [4.78, 5) is 114. The first-order valence-corrected chi connectivity index (χ1v) is 24.6. The topological polar surface area (TPSA) is 238 Å². The molecule has 4 aliphatic rings. The van der Waals surface area contributed by atoms with Crippen molar-refractivity contribution in [3.05, 3.63) is 119 Å². The molecular weight excluding hydrogens is 941 g/mol. The van der Waals surface area contributed by atoms with Gasteiger partial charge < -0.3 is 39.2 Å². The third kappa shape index (κ3) is 10.3. The number of amides is 1. The van der Waals surface area contributed by atoms with Crippen LogP contribution >= 0.6 is 0 Å². The van der Waals surface area contributed by atoms with Crippen LogP contribution in [0.15, 0.2) is 102 Å². The van der Waals surface area contributed by atoms with Crippen LogP contribution in [0.3, 0.4) is 0 Å². The van der Waals surface area contributed by atoms with Gasteiger partial charge in [-0.15, -0.1) is 0 Å². The lowest BCUT2D eigenvalue weighted by molar-refractivity contribution is -0.340. The van der Waals surface area contributed by atoms with Gasteiger partial charge >= 0.3 is 23.9 Å². The first-order valence-electron chi connectivity index (χ1n) is 24.6. The number of ketones is 3. The summed E-state index contributed by atoms with van der Waals surface area (Å²) in [5.74, 6) is -8.98. The van der Waals surface area contributed by atoms with Crippen molar-refractivity contribution < 1.29 is 72.3 Å². The molecule has 7 rings (SSSR count). The number of aliphatic hydroxyl groups excluding tert-OH is 1. The van der Waals surface area contributed by atoms with Gasteiger partial charge in [0.15, 0.2) is 29.4 Å². The highest BCUT2D eigenvalue weighted by molar-refractivity contribution is 5.98. The third-order valence-corrected chi connectivity index (χ3v) is 15.7. The van der Waals surface area contributed by atoms with Crippen LogP contribution in [0.2, 0.25) is 0 Å². The Bertz CT molecular complexity index is 2650. The Hall–Kier alpha value is -6.40. The molecule has 3 N–H and O–H groups in total. The minimum atomic E-state index is -2.27. The number of carbonyl (C=O) groups is 8. The summed E-state index contributed by atoms with van der Waals surface area (Å²) in [5.41, 5.74) is -6.67. The van der Waals surface area contributed by atoms with E-state index in [-0.39, 0.29) is 60.1 Å². The van der Waals surface area contributed by atoms with E-state index in [0.717, 1.165) is 6.92 Å². The molecule has 1 aliphatic heterocycles. The molecule has 1 heterocycles. The monoisotopic (exact) mass is 1010 g/mol. The summed E-state index contributed by atoms with van der Waals surface area (Å²) >= 11 is 0. The smallest absolute Gasteiger partial charge is 0.338 e. The molecule has 0 unspecified atom stereocenters. The summed E-state index contributed by atoms with van der Waals surface area (Å²) < 4.78 is 31.0. The molecule has 17 heteroatoms. The largest absolute Gasteiger partial charge is 0.460 e. The van der Waals surface area contributed by atoms with Crippen molar-refractivity contribution in [3.8, 4) is 0 Å². The van der Waals surface area contributed by atoms with Gasteiger partial charge in [-0.2, -0.15) is 0 Å². The van der Waals surface area contributed by atoms with Crippen molar-refractivity contribution >= 4 is 47.1 Å². The molecule has 73 heavy (non-hydrogen) atoms. The van der Waals surface area contributed by atoms with E-state index in [2.05, 4.69) is 5.32 Å². The van der Waals surface area contributed by atoms with Crippen LogP contribution in [0.1, 0.15) is 107 Å². The van der Waals surface area contributed by atoms with Gasteiger partial charge in [-0.25, -0.2) is 4.79 Å². The Kier molecular flexibility index (Phi) is 15.8. The second-order valence-corrected chi connectivity index (χ2v) is 21.0. The summed E-state index contributed by atoms with van der Waals surface area (Å²) in [7, 11) is 1.56. The number of nitrogens with zero attached hydrogens (tertiary/aromatic N) is 1. The summed E-state index contributed by atoms with van der Waals surface area (Å²) in [5, 5.41) is 28.9. The minimum absolute atomic E-state index is 0.0214. The van der Waals surface area contributed by atoms with E-state index in [1.165, 1.54) is 18.7 Å². The number of hydrogen-bond donors (Lipinski definition) is 3. The standard InChI is InChI=1S/C56H66N2O15/c1-31(2)40(62)28-58(9)29-44(63)72-42-26-43-55(30-69-43,73-34(5)60)49-38(25-39(61)35-19-13-10-14-20-35)56(68)27-41(32(3)45(53(56,6)7)48(70-33(4)59)50(65)54(42,49)8)71-52(67)47(64)46(36-21-15-11-16-22-36)57-51(66)37-23-17-12-18-24-37/h10-24,31,38,41-43,46-49,64,68H,25-30H2,1-9H3,(H,57,66)/t38-,41-,42-,43+,46-,47+,48+,49-,54+,55-,56+/m0/s1. The highest BCUT2D eigenvalue weighted by Crippen LogP contribution is 2.67. The quantitative estimate of drug-likeness (QED) is 0.0690. The van der Waals surface area contributed by atoms with Gasteiger partial charge in [-0.1, -0.05) is 107 Å². The van der Waals surface area contributed by atoms with E-state index in [0.29, 0.717) is 5.56 Å². The Balaban J connectivity index is 1.40. The summed E-state index contributed by atoms with van der Waals surface area (Å²) in [6, 6.07) is 23.3. The number of esters is 4. The molecule has 0 spiro atoms. The first-order chi connectivity index (χ1) is 34.4. The second-order valence-electron chi connectivity index (χ2n) is 21.0. The van der Waals surface area contributed by atoms with Gasteiger partial charge in [-0.05, 0) is 49.7 Å². The van der Waals surface area contributed by atoms with Gasteiger partial charge in [0.2, 0.25) is 0 Å². The SMILES string of the molecule is CC(=O)O[C@H]1C(=O)[C@]2(C)[C@@H](OC(=O)CN(C)CC(=O)C(C)C)C[C@H]3OC[C@@]3(OC(C)=O)[C@H]2[C@H](CC(=O)c2ccccc2)[C@]2(O)C[C@H](OC(=O)[C@H](O)[C@@H](NC(=O)c3ccccc3)c3ccccc3)C(C)=C1C2(C)C. The lowest BCUT2D eigenvalue weighted by Gasteiger charge is -2.68. The molecule has 3 aromatic rings. The van der Waals surface area contributed by atoms with Gasteiger partial charge in [-0.3, -0.25) is 38.5 Å². The molecule has 1 saturated heterocycles. The average Bonchev–Trinajstić information content (AvgIpc) is 3.33. The van der Waals surface area contributed by atoms with E-state index in [1.54, 1.807) is 133 Å². The number of Topliss-reactive ketones (excluding diaryl/α,β-unsaturated/α-hetero) is 3. The Morgan fingerprint density at radius 2 is 1.41 bits per heavy atom. The number of rotatable bonds is 17. The lowest BCUT2D eigenvalue weighted by Crippen LogP contribution is -2.80. The Morgan fingerprint density at radius 1 is 0.822 bits per heavy atom. The predicted molar refractivity (Wildman–Crippen MR) is 262 cm³/mol. The van der Waals surface area contributed by atoms with Crippen molar-refractivity contribution in [2.45, 2.75) is 122 Å². The van der Waals surface area contributed by atoms with Crippen molar-refractivity contribution in [3.63, 3.8) is 0 Å². The zero-order valence-corrected chi connectivity index (χ0v) is 42.7. The van der Waals surface area contributed by atoms with Crippen LogP contribution in [0, 0.1) is 28.6 Å². The number of aliphatic hydroxyl groups is 2. The van der Waals surface area contributed by atoms with Gasteiger partial charge in [0.05, 0.1) is 36.8 Å². The molecule has 17 nitrogen and oxygen atoms in total. The highest BCUT2D eigenvalue weighted by atomic mass is 16.6. The summed E-state index contributed by atoms with van der Waals surface area (Å²) in [6.45, 7) is 11.3. The zero-order valence-electron chi connectivity index (χ0n) is 42.7. The number of carbonyl (C=O) groups excluding carboxylic acids is 8. The minimum Gasteiger partial charge on any atom is -0.460 e. The molecule has 3 aliphatic carbocycles. The van der Waals surface area contributed by atoms with Crippen molar-refractivity contribution in [2.24, 2.45) is 28.6 Å². The average molecular weight is 1010 g/mol. The van der Waals surface area contributed by atoms with Gasteiger partial charge in [0, 0.05) is 67.4 Å². The molecule has 0 aromatic heterocycles. The highest BCUT2D eigenvalue weighted by Gasteiger charge is 2.78. The maximum Gasteiger partial charge on any atom is 0.338 e.